The molecule has 0 aliphatic heterocycles. The van der Waals surface area contributed by atoms with Crippen LogP contribution in [-0.2, 0) is 21.7 Å². The van der Waals surface area contributed by atoms with Crippen molar-refractivity contribution in [2.45, 2.75) is 0 Å². The van der Waals surface area contributed by atoms with Crippen molar-refractivity contribution < 1.29 is 40.9 Å². The van der Waals surface area contributed by atoms with Crippen LogP contribution < -0.4 is 19.2 Å². The van der Waals surface area contributed by atoms with E-state index >= 15 is 0 Å². The van der Waals surface area contributed by atoms with E-state index in [4.69, 9.17) is 19.2 Å². The van der Waals surface area contributed by atoms with Crippen LogP contribution in [-0.4, -0.2) is 36.3 Å². The Hall–Kier alpha value is 1.69. The van der Waals surface area contributed by atoms with Crippen molar-refractivity contribution in [1.29, 1.82) is 0 Å². The monoisotopic (exact) mass is 348 g/mol. The van der Waals surface area contributed by atoms with E-state index < -0.39 is 9.05 Å². The van der Waals surface area contributed by atoms with Gasteiger partial charge in [0.2, 0.25) is 0 Å². The second-order valence-electron chi connectivity index (χ2n) is 0.500. The van der Waals surface area contributed by atoms with Crippen molar-refractivity contribution in [3.8, 4) is 0 Å². The van der Waals surface area contributed by atoms with Gasteiger partial charge in [-0.15, -0.1) is 0 Å². The molecule has 34 valence electrons. The quantitative estimate of drug-likeness (QED) is 0.409. The molecule has 0 unspecified atom stereocenters. The van der Waals surface area contributed by atoms with Gasteiger partial charge in [0, 0.05) is 0 Å². The summed E-state index contributed by atoms with van der Waals surface area (Å²) in [7, 11) is -5.61. The minimum Gasteiger partial charge on any atom is -0.894 e. The van der Waals surface area contributed by atoms with Gasteiger partial charge in [-0.3, -0.25) is 0 Å². The summed E-state index contributed by atoms with van der Waals surface area (Å²) in [5.41, 5.74) is 0. The predicted molar refractivity (Wildman–Crippen MR) is 11.5 cm³/mol. The zero-order chi connectivity index (χ0) is 4.50. The molecule has 2 radical (unpaired) electrons. The van der Waals surface area contributed by atoms with E-state index in [1.807, 2.05) is 0 Å². The molecule has 0 bridgehead atoms. The molecule has 0 spiro atoms. The second kappa shape index (κ2) is 5.82. The summed E-state index contributed by atoms with van der Waals surface area (Å²) in [5.74, 6) is 0. The van der Waals surface area contributed by atoms with Crippen molar-refractivity contribution in [3.63, 3.8) is 0 Å². The van der Waals surface area contributed by atoms with Crippen molar-refractivity contribution in [3.05, 3.63) is 0 Å². The zero-order valence-electron chi connectivity index (χ0n) is 3.13. The largest absolute Gasteiger partial charge is 4.00 e. The normalized spacial score (nSPS) is 8.57. The van der Waals surface area contributed by atoms with Gasteiger partial charge in [0.25, 0.3) is 0 Å². The minimum atomic E-state index is -5.61. The molecule has 0 N–H and O–H groups in total. The first kappa shape index (κ1) is 15.9. The van der Waals surface area contributed by atoms with Gasteiger partial charge in [0.1, 0.15) is 0 Å². The summed E-state index contributed by atoms with van der Waals surface area (Å²) >= 11 is 0. The van der Waals surface area contributed by atoms with Crippen LogP contribution in [0.25, 0.3) is 0 Å². The molecule has 0 aromatic carbocycles. The van der Waals surface area contributed by atoms with E-state index in [0.717, 1.165) is 0 Å². The average Bonchev–Trinajstić information content (AvgIpc) is 0.722. The van der Waals surface area contributed by atoms with Crippen LogP contribution in [0, 0.1) is 0 Å². The molecule has 0 aliphatic carbocycles. The molecule has 0 amide bonds. The van der Waals surface area contributed by atoms with E-state index in [1.54, 1.807) is 0 Å². The standard InChI is InChI=1S/O4Si.Pb.Ti/c1-5(2,3)4;;/q-4;+2;+4. The molecule has 0 saturated carbocycles. The van der Waals surface area contributed by atoms with Gasteiger partial charge in [0.05, 0.1) is 0 Å². The number of hydrogen-bond acceptors (Lipinski definition) is 4. The average molecular weight is 347 g/mol. The van der Waals surface area contributed by atoms with Crippen molar-refractivity contribution in [1.82, 2.24) is 0 Å². The molecule has 0 saturated heterocycles. The van der Waals surface area contributed by atoms with Gasteiger partial charge >= 0.3 is 49.0 Å². The predicted octanol–water partition coefficient (Wildman–Crippen LogP) is -5.52. The molecule has 7 heavy (non-hydrogen) atoms. The molecule has 0 aromatic rings. The molecule has 0 aromatic heterocycles. The van der Waals surface area contributed by atoms with E-state index in [2.05, 4.69) is 0 Å². The van der Waals surface area contributed by atoms with E-state index in [-0.39, 0.29) is 49.0 Å². The number of hydrogen-bond donors (Lipinski definition) is 0. The molecule has 0 aliphatic rings. The van der Waals surface area contributed by atoms with E-state index in [1.165, 1.54) is 0 Å². The van der Waals surface area contributed by atoms with Crippen LogP contribution in [0.5, 0.6) is 0 Å². The second-order valence-corrected chi connectivity index (χ2v) is 1.50. The van der Waals surface area contributed by atoms with Gasteiger partial charge in [-0.05, 0) is 0 Å². The van der Waals surface area contributed by atoms with Crippen LogP contribution in [0.15, 0.2) is 0 Å². The first-order chi connectivity index (χ1) is 2.00. The number of rotatable bonds is 0. The Labute approximate surface area is 76.7 Å². The van der Waals surface area contributed by atoms with E-state index in [9.17, 15) is 0 Å². The molecular formula is O4PbSiTi+2. The third-order valence-electron chi connectivity index (χ3n) is 0. The maximum absolute atomic E-state index is 8.58. The molecule has 4 nitrogen and oxygen atoms in total. The van der Waals surface area contributed by atoms with E-state index in [0.29, 0.717) is 0 Å². The first-order valence-corrected chi connectivity index (χ1v) is 2.45. The van der Waals surface area contributed by atoms with Gasteiger partial charge in [-0.1, -0.05) is 0 Å². The third kappa shape index (κ3) is 87.0. The Kier molecular flexibility index (Phi) is 13.2. The SMILES string of the molecule is [O-][Si]([O-])([O-])[O-].[Pb+2].[Ti+4]. The van der Waals surface area contributed by atoms with Crippen LogP contribution in [0.1, 0.15) is 0 Å². The van der Waals surface area contributed by atoms with Gasteiger partial charge < -0.3 is 28.2 Å². The summed E-state index contributed by atoms with van der Waals surface area (Å²) in [6, 6.07) is 0. The minimum absolute atomic E-state index is 0. The van der Waals surface area contributed by atoms with Crippen molar-refractivity contribution in [2.75, 3.05) is 0 Å². The van der Waals surface area contributed by atoms with Gasteiger partial charge in [-0.25, -0.2) is 0 Å². The Bertz CT molecular complexity index is 27.2. The summed E-state index contributed by atoms with van der Waals surface area (Å²) in [6.45, 7) is 0. The van der Waals surface area contributed by atoms with Crippen molar-refractivity contribution >= 4 is 36.3 Å². The Balaban J connectivity index is -0.0000000800. The molecular weight excluding hydrogens is 347 g/mol. The Morgan fingerprint density at radius 2 is 0.857 bits per heavy atom. The fourth-order valence-electron chi connectivity index (χ4n) is 0. The zero-order valence-corrected chi connectivity index (χ0v) is 9.58. The summed E-state index contributed by atoms with van der Waals surface area (Å²) in [4.78, 5) is 34.3. The summed E-state index contributed by atoms with van der Waals surface area (Å²) in [5, 5.41) is 0. The fraction of sp³-hybridized carbons (Fsp3) is 0. The van der Waals surface area contributed by atoms with Crippen molar-refractivity contribution in [2.24, 2.45) is 0 Å². The van der Waals surface area contributed by atoms with Crippen LogP contribution in [0.2, 0.25) is 0 Å². The van der Waals surface area contributed by atoms with Crippen LogP contribution in [0.4, 0.5) is 0 Å². The molecule has 0 atom stereocenters. The van der Waals surface area contributed by atoms with Gasteiger partial charge in [0.15, 0.2) is 0 Å². The maximum Gasteiger partial charge on any atom is 4.00 e. The molecule has 7 heteroatoms. The first-order valence-electron chi connectivity index (χ1n) is 0.816. The maximum atomic E-state index is 8.58. The Morgan fingerprint density at radius 1 is 0.857 bits per heavy atom. The van der Waals surface area contributed by atoms with Gasteiger partial charge in [-0.2, -0.15) is 0 Å². The van der Waals surface area contributed by atoms with Crippen LogP contribution >= 0.6 is 0 Å². The molecule has 0 fully saturated rings. The third-order valence-corrected chi connectivity index (χ3v) is 0. The molecule has 0 heterocycles. The smallest absolute Gasteiger partial charge is 0.894 e. The summed E-state index contributed by atoms with van der Waals surface area (Å²) in [6.07, 6.45) is 0. The van der Waals surface area contributed by atoms with Crippen LogP contribution in [0.3, 0.4) is 0 Å². The summed E-state index contributed by atoms with van der Waals surface area (Å²) < 4.78 is 0. The fourth-order valence-corrected chi connectivity index (χ4v) is 0. The molecule has 0 rings (SSSR count). The topological polar surface area (TPSA) is 92.2 Å². The Morgan fingerprint density at radius 3 is 0.857 bits per heavy atom.